The van der Waals surface area contributed by atoms with Crippen molar-refractivity contribution in [1.29, 1.82) is 0 Å². The van der Waals surface area contributed by atoms with Gasteiger partial charge in [0.25, 0.3) is 0 Å². The Balaban J connectivity index is 2.41. The van der Waals surface area contributed by atoms with Gasteiger partial charge in [0.2, 0.25) is 0 Å². The van der Waals surface area contributed by atoms with Crippen molar-refractivity contribution in [3.63, 3.8) is 0 Å². The van der Waals surface area contributed by atoms with Gasteiger partial charge in [-0.25, -0.2) is 4.98 Å². The molecule has 0 aromatic carbocycles. The minimum Gasteiger partial charge on any atom is -0.377 e. The Bertz CT molecular complexity index is 389. The maximum absolute atomic E-state index is 5.32. The summed E-state index contributed by atoms with van der Waals surface area (Å²) in [7, 11) is 1.64. The molecular weight excluding hydrogens is 200 g/mol. The van der Waals surface area contributed by atoms with Crippen molar-refractivity contribution < 1.29 is 9.47 Å². The summed E-state index contributed by atoms with van der Waals surface area (Å²) in [5.41, 5.74) is 2.16. The molecule has 0 saturated heterocycles. The molecule has 1 aromatic heterocycles. The van der Waals surface area contributed by atoms with Gasteiger partial charge in [-0.1, -0.05) is 12.2 Å². The zero-order chi connectivity index (χ0) is 9.97. The third-order valence-electron chi connectivity index (χ3n) is 2.18. The van der Waals surface area contributed by atoms with E-state index in [1.807, 2.05) is 0 Å². The first-order valence-corrected chi connectivity index (χ1v) is 4.89. The molecule has 0 saturated carbocycles. The molecule has 0 atom stereocenters. The van der Waals surface area contributed by atoms with Crippen molar-refractivity contribution in [3.05, 3.63) is 21.7 Å². The van der Waals surface area contributed by atoms with Gasteiger partial charge in [-0.05, 0) is 0 Å². The highest BCUT2D eigenvalue weighted by molar-refractivity contribution is 7.71. The third-order valence-corrected chi connectivity index (χ3v) is 2.52. The summed E-state index contributed by atoms with van der Waals surface area (Å²) in [6.45, 7) is 1.79. The van der Waals surface area contributed by atoms with Crippen LogP contribution in [0.1, 0.15) is 17.1 Å². The molecule has 4 nitrogen and oxygen atoms in total. The van der Waals surface area contributed by atoms with Crippen molar-refractivity contribution in [1.82, 2.24) is 9.97 Å². The summed E-state index contributed by atoms with van der Waals surface area (Å²) in [6, 6.07) is 0. The van der Waals surface area contributed by atoms with Gasteiger partial charge in [0.05, 0.1) is 13.2 Å². The molecule has 1 N–H and O–H groups in total. The van der Waals surface area contributed by atoms with Crippen molar-refractivity contribution in [2.75, 3.05) is 13.7 Å². The van der Waals surface area contributed by atoms with Crippen LogP contribution in [0.3, 0.4) is 0 Å². The van der Waals surface area contributed by atoms with Crippen molar-refractivity contribution in [3.8, 4) is 0 Å². The molecule has 0 bridgehead atoms. The third kappa shape index (κ3) is 1.84. The van der Waals surface area contributed by atoms with E-state index in [1.54, 1.807) is 7.11 Å². The van der Waals surface area contributed by atoms with Gasteiger partial charge < -0.3 is 14.5 Å². The molecule has 0 unspecified atom stereocenters. The number of fused-ring (bicyclic) bond motifs is 1. The fraction of sp³-hybridized carbons (Fsp3) is 0.556. The molecule has 76 valence electrons. The molecule has 1 aromatic rings. The molecule has 5 heteroatoms. The van der Waals surface area contributed by atoms with Gasteiger partial charge in [0, 0.05) is 24.8 Å². The number of rotatable bonds is 2. The van der Waals surface area contributed by atoms with Gasteiger partial charge in [-0.2, -0.15) is 0 Å². The summed E-state index contributed by atoms with van der Waals surface area (Å²) >= 11 is 5.17. The minimum absolute atomic E-state index is 0.470. The van der Waals surface area contributed by atoms with Gasteiger partial charge in [-0.3, -0.25) is 0 Å². The second-order valence-corrected chi connectivity index (χ2v) is 3.57. The second-order valence-electron chi connectivity index (χ2n) is 3.18. The van der Waals surface area contributed by atoms with Crippen molar-refractivity contribution in [2.24, 2.45) is 0 Å². The van der Waals surface area contributed by atoms with Crippen LogP contribution in [0.2, 0.25) is 0 Å². The summed E-state index contributed by atoms with van der Waals surface area (Å²) < 4.78 is 11.0. The average Bonchev–Trinajstić information content (AvgIpc) is 2.18. The standard InChI is InChI=1S/C9H12N2O2S/c1-12-5-8-10-7-2-3-13-4-6(7)9(14)11-8/h2-5H2,1H3,(H,10,11,14). The number of methoxy groups -OCH3 is 1. The zero-order valence-corrected chi connectivity index (χ0v) is 8.82. The van der Waals surface area contributed by atoms with E-state index in [0.29, 0.717) is 17.9 Å². The Labute approximate surface area is 87.3 Å². The highest BCUT2D eigenvalue weighted by atomic mass is 32.1. The molecule has 0 amide bonds. The Morgan fingerprint density at radius 3 is 3.29 bits per heavy atom. The number of hydrogen-bond acceptors (Lipinski definition) is 4. The number of aromatic amines is 1. The summed E-state index contributed by atoms with van der Waals surface area (Å²) in [5, 5.41) is 0. The first-order chi connectivity index (χ1) is 6.81. The van der Waals surface area contributed by atoms with Gasteiger partial charge >= 0.3 is 0 Å². The SMILES string of the molecule is COCc1nc(=S)c2c([nH]1)CCOC2. The summed E-state index contributed by atoms with van der Waals surface area (Å²) in [6.07, 6.45) is 0.873. The van der Waals surface area contributed by atoms with Crippen molar-refractivity contribution >= 4 is 12.2 Å². The predicted molar refractivity (Wildman–Crippen MR) is 53.5 cm³/mol. The van der Waals surface area contributed by atoms with Crippen molar-refractivity contribution in [2.45, 2.75) is 19.6 Å². The van der Waals surface area contributed by atoms with E-state index in [2.05, 4.69) is 9.97 Å². The van der Waals surface area contributed by atoms with E-state index < -0.39 is 0 Å². The van der Waals surface area contributed by atoms with E-state index in [0.717, 1.165) is 30.1 Å². The predicted octanol–water partition coefficient (Wildman–Crippen LogP) is 1.36. The first-order valence-electron chi connectivity index (χ1n) is 4.49. The van der Waals surface area contributed by atoms with E-state index in [9.17, 15) is 0 Å². The van der Waals surface area contributed by atoms with Crippen LogP contribution >= 0.6 is 12.2 Å². The van der Waals surface area contributed by atoms with Gasteiger partial charge in [0.15, 0.2) is 0 Å². The molecular formula is C9H12N2O2S. The average molecular weight is 212 g/mol. The van der Waals surface area contributed by atoms with Gasteiger partial charge in [-0.15, -0.1) is 0 Å². The number of aromatic nitrogens is 2. The molecule has 14 heavy (non-hydrogen) atoms. The fourth-order valence-electron chi connectivity index (χ4n) is 1.51. The lowest BCUT2D eigenvalue weighted by molar-refractivity contribution is 0.107. The number of nitrogens with zero attached hydrogens (tertiary/aromatic N) is 1. The van der Waals surface area contributed by atoms with E-state index >= 15 is 0 Å². The topological polar surface area (TPSA) is 47.1 Å². The lowest BCUT2D eigenvalue weighted by Gasteiger charge is -2.16. The highest BCUT2D eigenvalue weighted by Crippen LogP contribution is 2.15. The second kappa shape index (κ2) is 4.16. The largest absolute Gasteiger partial charge is 0.377 e. The Morgan fingerprint density at radius 2 is 2.50 bits per heavy atom. The molecule has 2 heterocycles. The highest BCUT2D eigenvalue weighted by Gasteiger charge is 2.13. The van der Waals surface area contributed by atoms with Crippen LogP contribution < -0.4 is 0 Å². The lowest BCUT2D eigenvalue weighted by Crippen LogP contribution is -2.15. The van der Waals surface area contributed by atoms with E-state index in [-0.39, 0.29) is 0 Å². The Morgan fingerprint density at radius 1 is 1.64 bits per heavy atom. The molecule has 1 aliphatic rings. The number of H-pyrrole nitrogens is 1. The number of ether oxygens (including phenoxy) is 2. The molecule has 0 aliphatic carbocycles. The van der Waals surface area contributed by atoms with Gasteiger partial charge in [0.1, 0.15) is 17.1 Å². The Hall–Kier alpha value is -0.780. The maximum atomic E-state index is 5.32. The molecule has 0 spiro atoms. The molecule has 2 rings (SSSR count). The summed E-state index contributed by atoms with van der Waals surface area (Å²) in [4.78, 5) is 7.45. The maximum Gasteiger partial charge on any atom is 0.135 e. The zero-order valence-electron chi connectivity index (χ0n) is 8.00. The quantitative estimate of drug-likeness (QED) is 0.752. The number of hydrogen-bond donors (Lipinski definition) is 1. The van der Waals surface area contributed by atoms with Crippen LogP contribution in [0.25, 0.3) is 0 Å². The van der Waals surface area contributed by atoms with E-state index in [4.69, 9.17) is 21.7 Å². The molecule has 0 fully saturated rings. The van der Waals surface area contributed by atoms with Crippen LogP contribution in [-0.4, -0.2) is 23.7 Å². The smallest absolute Gasteiger partial charge is 0.135 e. The van der Waals surface area contributed by atoms with Crippen LogP contribution in [0, 0.1) is 4.64 Å². The van der Waals surface area contributed by atoms with Crippen LogP contribution in [0.4, 0.5) is 0 Å². The fourth-order valence-corrected chi connectivity index (χ4v) is 1.80. The Kier molecular flexibility index (Phi) is 2.90. The van der Waals surface area contributed by atoms with E-state index in [1.165, 1.54) is 0 Å². The van der Waals surface area contributed by atoms with Crippen LogP contribution in [-0.2, 0) is 29.1 Å². The summed E-state index contributed by atoms with van der Waals surface area (Å²) in [5.74, 6) is 0.790. The minimum atomic E-state index is 0.470. The number of nitrogens with one attached hydrogen (secondary N) is 1. The lowest BCUT2D eigenvalue weighted by atomic mass is 10.1. The first kappa shape index (κ1) is 9.76. The molecule has 0 radical (unpaired) electrons. The molecule has 1 aliphatic heterocycles. The van der Waals surface area contributed by atoms with Crippen LogP contribution in [0.5, 0.6) is 0 Å². The normalized spacial score (nSPS) is 15.2. The monoisotopic (exact) mass is 212 g/mol. The van der Waals surface area contributed by atoms with Crippen LogP contribution in [0.15, 0.2) is 0 Å².